The maximum atomic E-state index is 12.8. The van der Waals surface area contributed by atoms with Crippen LogP contribution < -0.4 is 10.2 Å². The highest BCUT2D eigenvalue weighted by Gasteiger charge is 2.41. The smallest absolute Gasteiger partial charge is 0.329 e. The fourth-order valence-electron chi connectivity index (χ4n) is 3.54. The van der Waals surface area contributed by atoms with Gasteiger partial charge in [-0.3, -0.25) is 9.59 Å². The number of nitrogens with zero attached hydrogens (tertiary/aromatic N) is 2. The molecule has 4 rings (SSSR count). The van der Waals surface area contributed by atoms with Crippen molar-refractivity contribution in [1.82, 2.24) is 10.2 Å². The van der Waals surface area contributed by atoms with Crippen molar-refractivity contribution in [3.05, 3.63) is 66.2 Å². The van der Waals surface area contributed by atoms with Crippen LogP contribution in [0.25, 0.3) is 0 Å². The van der Waals surface area contributed by atoms with Gasteiger partial charge in [0, 0.05) is 6.54 Å². The molecule has 2 aromatic rings. The van der Waals surface area contributed by atoms with E-state index in [1.54, 1.807) is 29.2 Å². The molecule has 0 aromatic heterocycles. The zero-order valence-electron chi connectivity index (χ0n) is 15.3. The van der Waals surface area contributed by atoms with Gasteiger partial charge in [0.25, 0.3) is 5.91 Å². The quantitative estimate of drug-likeness (QED) is 0.826. The van der Waals surface area contributed by atoms with Crippen LogP contribution in [0.5, 0.6) is 0 Å². The number of benzene rings is 2. The Morgan fingerprint density at radius 2 is 1.71 bits per heavy atom. The number of nitrogens with one attached hydrogen (secondary N) is 1. The zero-order valence-corrected chi connectivity index (χ0v) is 15.3. The van der Waals surface area contributed by atoms with Crippen LogP contribution >= 0.6 is 0 Å². The summed E-state index contributed by atoms with van der Waals surface area (Å²) in [5.41, 5.74) is 1.51. The summed E-state index contributed by atoms with van der Waals surface area (Å²) in [5.74, 6) is -0.574. The normalized spacial score (nSPS) is 22.3. The summed E-state index contributed by atoms with van der Waals surface area (Å²) in [6, 6.07) is 17.1. The number of rotatable bonds is 4. The molecule has 0 bridgehead atoms. The first-order chi connectivity index (χ1) is 13.6. The van der Waals surface area contributed by atoms with Crippen LogP contribution in [-0.4, -0.2) is 48.5 Å². The molecule has 0 unspecified atom stereocenters. The lowest BCUT2D eigenvalue weighted by atomic mass is 10.1. The minimum Gasteiger partial charge on any atom is -0.370 e. The highest BCUT2D eigenvalue weighted by molar-refractivity contribution is 6.22. The second-order valence-corrected chi connectivity index (χ2v) is 6.83. The highest BCUT2D eigenvalue weighted by atomic mass is 16.5. The molecular weight excluding hydrogens is 358 g/mol. The summed E-state index contributed by atoms with van der Waals surface area (Å²) in [4.78, 5) is 40.5. The third kappa shape index (κ3) is 3.61. The Hall–Kier alpha value is -3.19. The minimum absolute atomic E-state index is 0.0601. The third-order valence-corrected chi connectivity index (χ3v) is 5.00. The standard InChI is InChI=1S/C21H21N3O4/c25-19(23-11-12-28-18(14-23)15-7-3-1-4-8-15)13-17-20(26)24(21(27)22-17)16-9-5-2-6-10-16/h1-10,17-18H,11-14H2,(H,22,27)/t17-,18+/m0/s1. The highest BCUT2D eigenvalue weighted by Crippen LogP contribution is 2.24. The Morgan fingerprint density at radius 3 is 2.43 bits per heavy atom. The van der Waals surface area contributed by atoms with Crippen LogP contribution in [0.4, 0.5) is 10.5 Å². The summed E-state index contributed by atoms with van der Waals surface area (Å²) >= 11 is 0. The van der Waals surface area contributed by atoms with Gasteiger partial charge < -0.3 is 15.0 Å². The molecule has 0 saturated carbocycles. The molecule has 7 nitrogen and oxygen atoms in total. The lowest BCUT2D eigenvalue weighted by Gasteiger charge is -2.33. The van der Waals surface area contributed by atoms with E-state index < -0.39 is 18.0 Å². The Morgan fingerprint density at radius 1 is 1.04 bits per heavy atom. The molecule has 28 heavy (non-hydrogen) atoms. The Bertz CT molecular complexity index is 872. The Balaban J connectivity index is 1.41. The molecule has 144 valence electrons. The van der Waals surface area contributed by atoms with Crippen molar-refractivity contribution in [2.45, 2.75) is 18.6 Å². The van der Waals surface area contributed by atoms with E-state index in [2.05, 4.69) is 5.32 Å². The van der Waals surface area contributed by atoms with Gasteiger partial charge in [-0.2, -0.15) is 0 Å². The number of para-hydroxylation sites is 1. The van der Waals surface area contributed by atoms with E-state index in [-0.39, 0.29) is 18.4 Å². The van der Waals surface area contributed by atoms with Crippen molar-refractivity contribution in [2.24, 2.45) is 0 Å². The SMILES string of the molecule is O=C(C[C@@H]1NC(=O)N(c2ccccc2)C1=O)N1CCO[C@@H](c2ccccc2)C1. The van der Waals surface area contributed by atoms with E-state index in [1.165, 1.54) is 0 Å². The monoisotopic (exact) mass is 379 g/mol. The van der Waals surface area contributed by atoms with Gasteiger partial charge in [-0.1, -0.05) is 48.5 Å². The molecule has 2 aliphatic heterocycles. The van der Waals surface area contributed by atoms with Gasteiger partial charge in [-0.05, 0) is 17.7 Å². The van der Waals surface area contributed by atoms with Crippen LogP contribution in [0, 0.1) is 0 Å². The average molecular weight is 379 g/mol. The number of carbonyl (C=O) groups is 3. The first-order valence-electron chi connectivity index (χ1n) is 9.27. The molecule has 7 heteroatoms. The summed E-state index contributed by atoms with van der Waals surface area (Å²) in [5, 5.41) is 2.62. The summed E-state index contributed by atoms with van der Waals surface area (Å²) in [7, 11) is 0. The van der Waals surface area contributed by atoms with E-state index in [4.69, 9.17) is 4.74 Å². The molecule has 2 fully saturated rings. The predicted octanol–water partition coefficient (Wildman–Crippen LogP) is 2.10. The van der Waals surface area contributed by atoms with Crippen molar-refractivity contribution in [3.63, 3.8) is 0 Å². The number of urea groups is 1. The summed E-state index contributed by atoms with van der Waals surface area (Å²) < 4.78 is 5.79. The van der Waals surface area contributed by atoms with E-state index in [0.717, 1.165) is 10.5 Å². The van der Waals surface area contributed by atoms with E-state index >= 15 is 0 Å². The van der Waals surface area contributed by atoms with Gasteiger partial charge in [-0.25, -0.2) is 9.69 Å². The molecule has 2 heterocycles. The molecule has 2 saturated heterocycles. The average Bonchev–Trinajstić information content (AvgIpc) is 3.02. The van der Waals surface area contributed by atoms with Gasteiger partial charge in [-0.15, -0.1) is 0 Å². The lowest BCUT2D eigenvalue weighted by Crippen LogP contribution is -2.45. The Kier molecular flexibility index (Phi) is 5.08. The number of amides is 4. The number of morpholine rings is 1. The fourth-order valence-corrected chi connectivity index (χ4v) is 3.54. The maximum absolute atomic E-state index is 12.8. The number of hydrogen-bond donors (Lipinski definition) is 1. The van der Waals surface area contributed by atoms with Gasteiger partial charge >= 0.3 is 6.03 Å². The molecule has 0 aliphatic carbocycles. The van der Waals surface area contributed by atoms with E-state index in [0.29, 0.717) is 25.4 Å². The summed E-state index contributed by atoms with van der Waals surface area (Å²) in [6.07, 6.45) is -0.247. The van der Waals surface area contributed by atoms with Crippen LogP contribution in [0.3, 0.4) is 0 Å². The van der Waals surface area contributed by atoms with Gasteiger partial charge in [0.15, 0.2) is 0 Å². The van der Waals surface area contributed by atoms with Crippen molar-refractivity contribution in [3.8, 4) is 0 Å². The van der Waals surface area contributed by atoms with Crippen molar-refractivity contribution < 1.29 is 19.1 Å². The topological polar surface area (TPSA) is 79.0 Å². The van der Waals surface area contributed by atoms with Crippen LogP contribution in [-0.2, 0) is 14.3 Å². The molecule has 4 amide bonds. The third-order valence-electron chi connectivity index (χ3n) is 5.00. The van der Waals surface area contributed by atoms with Gasteiger partial charge in [0.2, 0.25) is 5.91 Å². The number of imide groups is 1. The second kappa shape index (κ2) is 7.82. The molecule has 1 N–H and O–H groups in total. The number of ether oxygens (including phenoxy) is 1. The Labute approximate surface area is 162 Å². The van der Waals surface area contributed by atoms with Gasteiger partial charge in [0.05, 0.1) is 25.3 Å². The van der Waals surface area contributed by atoms with Crippen molar-refractivity contribution in [1.29, 1.82) is 0 Å². The second-order valence-electron chi connectivity index (χ2n) is 6.83. The lowest BCUT2D eigenvalue weighted by molar-refractivity contribution is -0.140. The first kappa shape index (κ1) is 18.2. The van der Waals surface area contributed by atoms with E-state index in [9.17, 15) is 14.4 Å². The van der Waals surface area contributed by atoms with Crippen LogP contribution in [0.2, 0.25) is 0 Å². The fraction of sp³-hybridized carbons (Fsp3) is 0.286. The molecule has 2 aromatic carbocycles. The van der Waals surface area contributed by atoms with Gasteiger partial charge in [0.1, 0.15) is 12.1 Å². The number of anilines is 1. The number of carbonyl (C=O) groups excluding carboxylic acids is 3. The molecule has 0 radical (unpaired) electrons. The molecular formula is C21H21N3O4. The molecule has 2 atom stereocenters. The van der Waals surface area contributed by atoms with Crippen LogP contribution in [0.15, 0.2) is 60.7 Å². The zero-order chi connectivity index (χ0) is 19.5. The van der Waals surface area contributed by atoms with Crippen molar-refractivity contribution >= 4 is 23.5 Å². The molecule has 2 aliphatic rings. The minimum atomic E-state index is -0.849. The largest absolute Gasteiger partial charge is 0.370 e. The molecule has 0 spiro atoms. The maximum Gasteiger partial charge on any atom is 0.329 e. The predicted molar refractivity (Wildman–Crippen MR) is 103 cm³/mol. The van der Waals surface area contributed by atoms with Crippen molar-refractivity contribution in [2.75, 3.05) is 24.6 Å². The van der Waals surface area contributed by atoms with E-state index in [1.807, 2.05) is 36.4 Å². The summed E-state index contributed by atoms with van der Waals surface area (Å²) in [6.45, 7) is 1.34. The first-order valence-corrected chi connectivity index (χ1v) is 9.27. The van der Waals surface area contributed by atoms with Crippen LogP contribution in [0.1, 0.15) is 18.1 Å². The number of hydrogen-bond acceptors (Lipinski definition) is 4.